The van der Waals surface area contributed by atoms with Gasteiger partial charge in [0, 0.05) is 24.2 Å². The SMILES string of the molecule is CC(C)CC(N)CNc1nccc2ccccc12. The molecule has 3 nitrogen and oxygen atoms in total. The monoisotopic (exact) mass is 243 g/mol. The lowest BCUT2D eigenvalue weighted by Gasteiger charge is -2.16. The minimum absolute atomic E-state index is 0.172. The summed E-state index contributed by atoms with van der Waals surface area (Å²) in [6.07, 6.45) is 2.86. The fraction of sp³-hybridized carbons (Fsp3) is 0.400. The lowest BCUT2D eigenvalue weighted by molar-refractivity contribution is 0.508. The van der Waals surface area contributed by atoms with Crippen LogP contribution in [0.1, 0.15) is 20.3 Å². The molecule has 0 aliphatic carbocycles. The van der Waals surface area contributed by atoms with Crippen LogP contribution in [-0.4, -0.2) is 17.6 Å². The van der Waals surface area contributed by atoms with Gasteiger partial charge in [0.05, 0.1) is 0 Å². The van der Waals surface area contributed by atoms with Gasteiger partial charge in [-0.1, -0.05) is 38.1 Å². The van der Waals surface area contributed by atoms with Gasteiger partial charge in [-0.15, -0.1) is 0 Å². The molecular weight excluding hydrogens is 222 g/mol. The Labute approximate surface area is 108 Å². The molecule has 1 unspecified atom stereocenters. The van der Waals surface area contributed by atoms with E-state index in [0.717, 1.165) is 24.2 Å². The first-order valence-corrected chi connectivity index (χ1v) is 6.50. The zero-order valence-corrected chi connectivity index (χ0v) is 11.1. The van der Waals surface area contributed by atoms with Crippen LogP contribution in [0.2, 0.25) is 0 Å². The molecule has 0 amide bonds. The fourth-order valence-electron chi connectivity index (χ4n) is 2.18. The van der Waals surface area contributed by atoms with Crippen LogP contribution in [0, 0.1) is 5.92 Å². The molecule has 1 aromatic carbocycles. The molecular formula is C15H21N3. The van der Waals surface area contributed by atoms with Crippen LogP contribution < -0.4 is 11.1 Å². The van der Waals surface area contributed by atoms with Crippen molar-refractivity contribution in [3.63, 3.8) is 0 Å². The molecule has 1 heterocycles. The average molecular weight is 243 g/mol. The zero-order chi connectivity index (χ0) is 13.0. The van der Waals surface area contributed by atoms with Gasteiger partial charge in [-0.05, 0) is 23.8 Å². The molecule has 3 N–H and O–H groups in total. The molecule has 2 rings (SSSR count). The molecule has 0 radical (unpaired) electrons. The molecule has 1 aromatic heterocycles. The van der Waals surface area contributed by atoms with Gasteiger partial charge >= 0.3 is 0 Å². The number of nitrogens with one attached hydrogen (secondary N) is 1. The lowest BCUT2D eigenvalue weighted by Crippen LogP contribution is -2.30. The first-order chi connectivity index (χ1) is 8.66. The predicted octanol–water partition coefficient (Wildman–Crippen LogP) is 3.02. The number of aromatic nitrogens is 1. The summed E-state index contributed by atoms with van der Waals surface area (Å²) in [7, 11) is 0. The summed E-state index contributed by atoms with van der Waals surface area (Å²) in [6.45, 7) is 5.14. The Hall–Kier alpha value is -1.61. The predicted molar refractivity (Wildman–Crippen MR) is 77.7 cm³/mol. The smallest absolute Gasteiger partial charge is 0.133 e. The average Bonchev–Trinajstić information content (AvgIpc) is 2.35. The number of fused-ring (bicyclic) bond motifs is 1. The van der Waals surface area contributed by atoms with Gasteiger partial charge in [0.15, 0.2) is 0 Å². The van der Waals surface area contributed by atoms with E-state index in [-0.39, 0.29) is 6.04 Å². The van der Waals surface area contributed by atoms with E-state index in [4.69, 9.17) is 5.73 Å². The Bertz CT molecular complexity index is 503. The molecule has 0 spiro atoms. The normalized spacial score (nSPS) is 12.9. The van der Waals surface area contributed by atoms with Gasteiger partial charge in [-0.2, -0.15) is 0 Å². The minimum atomic E-state index is 0.172. The van der Waals surface area contributed by atoms with Crippen LogP contribution in [-0.2, 0) is 0 Å². The van der Waals surface area contributed by atoms with E-state index in [1.54, 1.807) is 0 Å². The van der Waals surface area contributed by atoms with Gasteiger partial charge in [0.2, 0.25) is 0 Å². The number of anilines is 1. The highest BCUT2D eigenvalue weighted by Crippen LogP contribution is 2.20. The maximum Gasteiger partial charge on any atom is 0.133 e. The Balaban J connectivity index is 2.08. The van der Waals surface area contributed by atoms with Crippen molar-refractivity contribution in [3.05, 3.63) is 36.5 Å². The van der Waals surface area contributed by atoms with E-state index >= 15 is 0 Å². The second-order valence-corrected chi connectivity index (χ2v) is 5.15. The van der Waals surface area contributed by atoms with Crippen molar-refractivity contribution in [1.29, 1.82) is 0 Å². The number of pyridine rings is 1. The fourth-order valence-corrected chi connectivity index (χ4v) is 2.18. The highest BCUT2D eigenvalue weighted by atomic mass is 15.0. The number of nitrogens with two attached hydrogens (primary N) is 1. The third-order valence-electron chi connectivity index (χ3n) is 2.98. The minimum Gasteiger partial charge on any atom is -0.368 e. The van der Waals surface area contributed by atoms with Crippen molar-refractivity contribution < 1.29 is 0 Å². The summed E-state index contributed by atoms with van der Waals surface area (Å²) < 4.78 is 0. The summed E-state index contributed by atoms with van der Waals surface area (Å²) in [5, 5.41) is 5.71. The van der Waals surface area contributed by atoms with Gasteiger partial charge in [0.1, 0.15) is 5.82 Å². The number of benzene rings is 1. The summed E-state index contributed by atoms with van der Waals surface area (Å²) in [5.74, 6) is 1.55. The highest BCUT2D eigenvalue weighted by molar-refractivity contribution is 5.91. The maximum absolute atomic E-state index is 6.08. The Kier molecular flexibility index (Phi) is 4.15. The molecule has 96 valence electrons. The van der Waals surface area contributed by atoms with Crippen LogP contribution >= 0.6 is 0 Å². The van der Waals surface area contributed by atoms with Crippen LogP contribution in [0.5, 0.6) is 0 Å². The molecule has 3 heteroatoms. The van der Waals surface area contributed by atoms with E-state index in [0.29, 0.717) is 5.92 Å². The van der Waals surface area contributed by atoms with Crippen LogP contribution in [0.4, 0.5) is 5.82 Å². The first kappa shape index (κ1) is 12.8. The number of hydrogen-bond donors (Lipinski definition) is 2. The molecule has 0 saturated heterocycles. The number of rotatable bonds is 5. The molecule has 0 saturated carbocycles. The quantitative estimate of drug-likeness (QED) is 0.848. The van der Waals surface area contributed by atoms with Crippen molar-refractivity contribution >= 4 is 16.6 Å². The molecule has 1 atom stereocenters. The van der Waals surface area contributed by atoms with Gasteiger partial charge in [0.25, 0.3) is 0 Å². The molecule has 0 aliphatic rings. The Morgan fingerprint density at radius 1 is 1.22 bits per heavy atom. The van der Waals surface area contributed by atoms with Crippen LogP contribution in [0.15, 0.2) is 36.5 Å². The van der Waals surface area contributed by atoms with Crippen molar-refractivity contribution in [2.24, 2.45) is 11.7 Å². The molecule has 18 heavy (non-hydrogen) atoms. The second kappa shape index (κ2) is 5.83. The summed E-state index contributed by atoms with van der Waals surface area (Å²) in [6, 6.07) is 10.4. The largest absolute Gasteiger partial charge is 0.368 e. The zero-order valence-electron chi connectivity index (χ0n) is 11.1. The van der Waals surface area contributed by atoms with E-state index < -0.39 is 0 Å². The van der Waals surface area contributed by atoms with Crippen molar-refractivity contribution in [2.75, 3.05) is 11.9 Å². The Morgan fingerprint density at radius 3 is 2.78 bits per heavy atom. The molecule has 0 bridgehead atoms. The highest BCUT2D eigenvalue weighted by Gasteiger charge is 2.07. The first-order valence-electron chi connectivity index (χ1n) is 6.50. The summed E-state index contributed by atoms with van der Waals surface area (Å²) in [5.41, 5.74) is 6.08. The standard InChI is InChI=1S/C15H21N3/c1-11(2)9-13(16)10-18-15-14-6-4-3-5-12(14)7-8-17-15/h3-8,11,13H,9-10,16H2,1-2H3,(H,17,18). The molecule has 2 aromatic rings. The van der Waals surface area contributed by atoms with Crippen molar-refractivity contribution in [1.82, 2.24) is 4.98 Å². The van der Waals surface area contributed by atoms with E-state index in [1.165, 1.54) is 5.39 Å². The Morgan fingerprint density at radius 2 is 2.00 bits per heavy atom. The lowest BCUT2D eigenvalue weighted by atomic mass is 10.0. The summed E-state index contributed by atoms with van der Waals surface area (Å²) >= 11 is 0. The molecule has 0 fully saturated rings. The summed E-state index contributed by atoms with van der Waals surface area (Å²) in [4.78, 5) is 4.39. The van der Waals surface area contributed by atoms with Crippen LogP contribution in [0.25, 0.3) is 10.8 Å². The maximum atomic E-state index is 6.08. The van der Waals surface area contributed by atoms with E-state index in [1.807, 2.05) is 24.4 Å². The van der Waals surface area contributed by atoms with Crippen molar-refractivity contribution in [2.45, 2.75) is 26.3 Å². The van der Waals surface area contributed by atoms with Gasteiger partial charge < -0.3 is 11.1 Å². The van der Waals surface area contributed by atoms with Crippen LogP contribution in [0.3, 0.4) is 0 Å². The topological polar surface area (TPSA) is 50.9 Å². The van der Waals surface area contributed by atoms with Gasteiger partial charge in [-0.25, -0.2) is 4.98 Å². The second-order valence-electron chi connectivity index (χ2n) is 5.15. The molecule has 0 aliphatic heterocycles. The number of hydrogen-bond acceptors (Lipinski definition) is 3. The van der Waals surface area contributed by atoms with E-state index in [2.05, 4.69) is 36.3 Å². The number of nitrogens with zero attached hydrogens (tertiary/aromatic N) is 1. The third kappa shape index (κ3) is 3.20. The van der Waals surface area contributed by atoms with E-state index in [9.17, 15) is 0 Å². The third-order valence-corrected chi connectivity index (χ3v) is 2.98. The van der Waals surface area contributed by atoms with Crippen molar-refractivity contribution in [3.8, 4) is 0 Å². The van der Waals surface area contributed by atoms with Gasteiger partial charge in [-0.3, -0.25) is 0 Å².